The number of imidazole rings is 1. The van der Waals surface area contributed by atoms with Gasteiger partial charge in [0.05, 0.1) is 17.6 Å². The largest absolute Gasteiger partial charge is 0.493 e. The molecule has 0 spiro atoms. The van der Waals surface area contributed by atoms with E-state index in [4.69, 9.17) is 9.72 Å². The van der Waals surface area contributed by atoms with Crippen LogP contribution in [0.4, 0.5) is 0 Å². The summed E-state index contributed by atoms with van der Waals surface area (Å²) in [6.07, 6.45) is 7.56. The third-order valence-electron chi connectivity index (χ3n) is 6.19. The van der Waals surface area contributed by atoms with E-state index in [1.807, 2.05) is 0 Å². The minimum absolute atomic E-state index is 0.607. The molecule has 29 heavy (non-hydrogen) atoms. The second-order valence-corrected chi connectivity index (χ2v) is 8.12. The lowest BCUT2D eigenvalue weighted by atomic mass is 9.88. The number of benzene rings is 3. The Morgan fingerprint density at radius 1 is 0.862 bits per heavy atom. The molecular weight excluding hydrogens is 356 g/mol. The predicted molar refractivity (Wildman–Crippen MR) is 120 cm³/mol. The van der Waals surface area contributed by atoms with Crippen molar-refractivity contribution < 1.29 is 4.74 Å². The van der Waals surface area contributed by atoms with Crippen LogP contribution in [0.15, 0.2) is 66.7 Å². The fourth-order valence-corrected chi connectivity index (χ4v) is 4.73. The first-order valence-corrected chi connectivity index (χ1v) is 11.0. The molecule has 0 unspecified atom stereocenters. The molecule has 3 aromatic carbocycles. The predicted octanol–water partition coefficient (Wildman–Crippen LogP) is 6.71. The highest BCUT2D eigenvalue weighted by atomic mass is 16.5. The molecule has 1 aromatic heterocycles. The van der Waals surface area contributed by atoms with Crippen molar-refractivity contribution in [1.29, 1.82) is 0 Å². The van der Waals surface area contributed by atoms with Crippen LogP contribution in [0.1, 0.15) is 50.3 Å². The SMILES string of the molecule is c1ccc2c(OCCCn3c(C4CCCCC4)nc4ccccc43)cccc2c1. The molecule has 0 aliphatic heterocycles. The van der Waals surface area contributed by atoms with Crippen molar-refractivity contribution >= 4 is 21.8 Å². The second kappa shape index (κ2) is 8.28. The standard InChI is InChI=1S/C26H28N2O/c1-2-11-21(12-3-1)26-27-23-15-6-7-16-24(23)28(26)18-9-19-29-25-17-8-13-20-10-4-5-14-22(20)25/h4-8,10,13-17,21H,1-3,9,11-12,18-19H2. The highest BCUT2D eigenvalue weighted by Crippen LogP contribution is 2.34. The van der Waals surface area contributed by atoms with Crippen LogP contribution in [0.2, 0.25) is 0 Å². The number of nitrogens with zero attached hydrogens (tertiary/aromatic N) is 2. The van der Waals surface area contributed by atoms with E-state index in [9.17, 15) is 0 Å². The molecule has 1 aliphatic carbocycles. The van der Waals surface area contributed by atoms with Gasteiger partial charge in [-0.25, -0.2) is 4.98 Å². The van der Waals surface area contributed by atoms with E-state index < -0.39 is 0 Å². The van der Waals surface area contributed by atoms with E-state index in [1.165, 1.54) is 54.2 Å². The Morgan fingerprint density at radius 3 is 2.59 bits per heavy atom. The normalized spacial score (nSPS) is 15.2. The Bertz CT molecular complexity index is 1100. The Hall–Kier alpha value is -2.81. The third-order valence-corrected chi connectivity index (χ3v) is 6.19. The highest BCUT2D eigenvalue weighted by Gasteiger charge is 2.22. The summed E-state index contributed by atoms with van der Waals surface area (Å²) in [5.41, 5.74) is 2.39. The van der Waals surface area contributed by atoms with Gasteiger partial charge < -0.3 is 9.30 Å². The van der Waals surface area contributed by atoms with Gasteiger partial charge in [0, 0.05) is 17.8 Å². The Kier molecular flexibility index (Phi) is 5.21. The van der Waals surface area contributed by atoms with Crippen LogP contribution in [0.5, 0.6) is 5.75 Å². The molecule has 5 rings (SSSR count). The smallest absolute Gasteiger partial charge is 0.127 e. The van der Waals surface area contributed by atoms with Gasteiger partial charge in [0.1, 0.15) is 11.6 Å². The monoisotopic (exact) mass is 384 g/mol. The fourth-order valence-electron chi connectivity index (χ4n) is 4.73. The van der Waals surface area contributed by atoms with E-state index in [1.54, 1.807) is 0 Å². The molecule has 0 saturated heterocycles. The Labute approximate surface area is 172 Å². The molecule has 1 fully saturated rings. The number of hydrogen-bond donors (Lipinski definition) is 0. The van der Waals surface area contributed by atoms with E-state index in [0.717, 1.165) is 24.2 Å². The number of para-hydroxylation sites is 2. The molecule has 0 atom stereocenters. The lowest BCUT2D eigenvalue weighted by Gasteiger charge is -2.22. The van der Waals surface area contributed by atoms with Crippen molar-refractivity contribution in [3.05, 3.63) is 72.6 Å². The lowest BCUT2D eigenvalue weighted by molar-refractivity contribution is 0.303. The van der Waals surface area contributed by atoms with Crippen LogP contribution in [0.25, 0.3) is 21.8 Å². The molecule has 0 bridgehead atoms. The van der Waals surface area contributed by atoms with Crippen molar-refractivity contribution in [1.82, 2.24) is 9.55 Å². The van der Waals surface area contributed by atoms with Gasteiger partial charge in [-0.3, -0.25) is 0 Å². The number of rotatable bonds is 6. The number of aryl methyl sites for hydroxylation is 1. The van der Waals surface area contributed by atoms with Gasteiger partial charge in [-0.1, -0.05) is 67.8 Å². The summed E-state index contributed by atoms with van der Waals surface area (Å²) in [7, 11) is 0. The summed E-state index contributed by atoms with van der Waals surface area (Å²) < 4.78 is 8.64. The Morgan fingerprint density at radius 2 is 1.66 bits per heavy atom. The zero-order valence-corrected chi connectivity index (χ0v) is 16.9. The average molecular weight is 385 g/mol. The van der Waals surface area contributed by atoms with Gasteiger partial charge in [0.2, 0.25) is 0 Å². The molecular formula is C26H28N2O. The summed E-state index contributed by atoms with van der Waals surface area (Å²) in [6, 6.07) is 23.3. The van der Waals surface area contributed by atoms with E-state index >= 15 is 0 Å². The van der Waals surface area contributed by atoms with Crippen LogP contribution in [-0.4, -0.2) is 16.2 Å². The van der Waals surface area contributed by atoms with Crippen LogP contribution in [0.3, 0.4) is 0 Å². The molecule has 1 saturated carbocycles. The van der Waals surface area contributed by atoms with Gasteiger partial charge in [-0.05, 0) is 42.8 Å². The van der Waals surface area contributed by atoms with Gasteiger partial charge in [-0.2, -0.15) is 0 Å². The summed E-state index contributed by atoms with van der Waals surface area (Å²) in [5, 5.41) is 2.41. The molecule has 4 aromatic rings. The number of ether oxygens (including phenoxy) is 1. The highest BCUT2D eigenvalue weighted by molar-refractivity contribution is 5.88. The minimum Gasteiger partial charge on any atom is -0.493 e. The quantitative estimate of drug-likeness (QED) is 0.346. The average Bonchev–Trinajstić information content (AvgIpc) is 3.16. The van der Waals surface area contributed by atoms with Crippen molar-refractivity contribution in [2.24, 2.45) is 0 Å². The molecule has 0 radical (unpaired) electrons. The molecule has 3 nitrogen and oxygen atoms in total. The summed E-state index contributed by atoms with van der Waals surface area (Å²) in [6.45, 7) is 1.67. The lowest BCUT2D eigenvalue weighted by Crippen LogP contribution is -2.13. The second-order valence-electron chi connectivity index (χ2n) is 8.12. The van der Waals surface area contributed by atoms with E-state index in [-0.39, 0.29) is 0 Å². The first kappa shape index (κ1) is 18.2. The molecule has 0 amide bonds. The van der Waals surface area contributed by atoms with Crippen LogP contribution in [0, 0.1) is 0 Å². The molecule has 148 valence electrons. The van der Waals surface area contributed by atoms with Gasteiger partial charge >= 0.3 is 0 Å². The van der Waals surface area contributed by atoms with Crippen LogP contribution in [-0.2, 0) is 6.54 Å². The minimum atomic E-state index is 0.607. The van der Waals surface area contributed by atoms with Crippen LogP contribution < -0.4 is 4.74 Å². The van der Waals surface area contributed by atoms with Crippen molar-refractivity contribution in [3.8, 4) is 5.75 Å². The van der Waals surface area contributed by atoms with Gasteiger partial charge in [0.25, 0.3) is 0 Å². The topological polar surface area (TPSA) is 27.1 Å². The molecule has 1 aliphatic rings. The Balaban J connectivity index is 1.32. The van der Waals surface area contributed by atoms with Crippen molar-refractivity contribution in [2.75, 3.05) is 6.61 Å². The van der Waals surface area contributed by atoms with Gasteiger partial charge in [0.15, 0.2) is 0 Å². The van der Waals surface area contributed by atoms with E-state index in [2.05, 4.69) is 71.3 Å². The maximum absolute atomic E-state index is 6.18. The fraction of sp³-hybridized carbons (Fsp3) is 0.346. The van der Waals surface area contributed by atoms with Crippen molar-refractivity contribution in [2.45, 2.75) is 51.0 Å². The maximum atomic E-state index is 6.18. The molecule has 0 N–H and O–H groups in total. The maximum Gasteiger partial charge on any atom is 0.127 e. The number of hydrogen-bond acceptors (Lipinski definition) is 2. The zero-order valence-electron chi connectivity index (χ0n) is 16.9. The summed E-state index contributed by atoms with van der Waals surface area (Å²) >= 11 is 0. The first-order chi connectivity index (χ1) is 14.4. The molecule has 3 heteroatoms. The van der Waals surface area contributed by atoms with E-state index in [0.29, 0.717) is 12.5 Å². The molecule has 1 heterocycles. The summed E-state index contributed by atoms with van der Waals surface area (Å²) in [5.74, 6) is 2.87. The van der Waals surface area contributed by atoms with Crippen LogP contribution >= 0.6 is 0 Å². The summed E-state index contributed by atoms with van der Waals surface area (Å²) in [4.78, 5) is 5.04. The first-order valence-electron chi connectivity index (χ1n) is 11.0. The van der Waals surface area contributed by atoms with Crippen molar-refractivity contribution in [3.63, 3.8) is 0 Å². The van der Waals surface area contributed by atoms with Gasteiger partial charge in [-0.15, -0.1) is 0 Å². The third kappa shape index (κ3) is 3.74. The zero-order chi connectivity index (χ0) is 19.5. The number of aromatic nitrogens is 2. The number of fused-ring (bicyclic) bond motifs is 2.